The van der Waals surface area contributed by atoms with Crippen molar-refractivity contribution in [3.63, 3.8) is 0 Å². The minimum atomic E-state index is -0.0137. The van der Waals surface area contributed by atoms with E-state index in [1.807, 2.05) is 0 Å². The number of hydrogen-bond acceptors (Lipinski definition) is 2. The van der Waals surface area contributed by atoms with Gasteiger partial charge in [-0.15, -0.1) is 0 Å². The Kier molecular flexibility index (Phi) is 3.15. The predicted molar refractivity (Wildman–Crippen MR) is 87.4 cm³/mol. The lowest BCUT2D eigenvalue weighted by atomic mass is 9.55. The molecule has 3 aliphatic carbocycles. The van der Waals surface area contributed by atoms with Crippen LogP contribution < -0.4 is 4.74 Å². The molecule has 4 rings (SSSR count). The van der Waals surface area contributed by atoms with Gasteiger partial charge in [-0.05, 0) is 79.5 Å². The zero-order valence-corrected chi connectivity index (χ0v) is 13.9. The van der Waals surface area contributed by atoms with Gasteiger partial charge in [0.1, 0.15) is 11.5 Å². The Morgan fingerprint density at radius 2 is 2.00 bits per heavy atom. The molecule has 0 N–H and O–H groups in total. The van der Waals surface area contributed by atoms with E-state index in [4.69, 9.17) is 4.74 Å². The predicted octanol–water partition coefficient (Wildman–Crippen LogP) is 4.43. The largest absolute Gasteiger partial charge is 0.496 e. The van der Waals surface area contributed by atoms with Gasteiger partial charge in [0.15, 0.2) is 0 Å². The summed E-state index contributed by atoms with van der Waals surface area (Å²) in [6, 6.07) is 4.45. The van der Waals surface area contributed by atoms with E-state index in [2.05, 4.69) is 26.0 Å². The Hall–Kier alpha value is -1.31. The lowest BCUT2D eigenvalue weighted by Gasteiger charge is -2.48. The maximum atomic E-state index is 12.4. The number of ether oxygens (including phenoxy) is 1. The first kappa shape index (κ1) is 14.3. The normalized spacial score (nSPS) is 36.5. The van der Waals surface area contributed by atoms with E-state index in [-0.39, 0.29) is 5.41 Å². The van der Waals surface area contributed by atoms with Gasteiger partial charge in [-0.3, -0.25) is 4.79 Å². The lowest BCUT2D eigenvalue weighted by molar-refractivity contribution is -0.129. The van der Waals surface area contributed by atoms with Crippen LogP contribution >= 0.6 is 0 Å². The van der Waals surface area contributed by atoms with E-state index in [0.29, 0.717) is 23.5 Å². The highest BCUT2D eigenvalue weighted by Crippen LogP contribution is 2.59. The van der Waals surface area contributed by atoms with Gasteiger partial charge in [-0.2, -0.15) is 0 Å². The summed E-state index contributed by atoms with van der Waals surface area (Å²) >= 11 is 0. The maximum absolute atomic E-state index is 12.4. The van der Waals surface area contributed by atoms with Crippen molar-refractivity contribution < 1.29 is 9.53 Å². The highest BCUT2D eigenvalue weighted by molar-refractivity contribution is 5.87. The quantitative estimate of drug-likeness (QED) is 0.766. The van der Waals surface area contributed by atoms with Crippen molar-refractivity contribution in [3.8, 4) is 5.75 Å². The topological polar surface area (TPSA) is 26.3 Å². The number of ketones is 1. The van der Waals surface area contributed by atoms with E-state index >= 15 is 0 Å². The van der Waals surface area contributed by atoms with Gasteiger partial charge >= 0.3 is 0 Å². The van der Waals surface area contributed by atoms with Crippen molar-refractivity contribution in [1.29, 1.82) is 0 Å². The molecular weight excluding hydrogens is 272 g/mol. The summed E-state index contributed by atoms with van der Waals surface area (Å²) in [5, 5.41) is 0. The van der Waals surface area contributed by atoms with Crippen LogP contribution in [-0.4, -0.2) is 12.9 Å². The molecule has 4 atom stereocenters. The highest BCUT2D eigenvalue weighted by atomic mass is 16.5. The summed E-state index contributed by atoms with van der Waals surface area (Å²) in [5.41, 5.74) is 4.39. The van der Waals surface area contributed by atoms with Gasteiger partial charge in [-0.1, -0.05) is 13.0 Å². The molecular formula is C20H26O2. The van der Waals surface area contributed by atoms with Crippen LogP contribution in [0.15, 0.2) is 12.1 Å². The van der Waals surface area contributed by atoms with E-state index in [1.54, 1.807) is 12.7 Å². The Balaban J connectivity index is 1.73. The summed E-state index contributed by atoms with van der Waals surface area (Å²) in [5.74, 6) is 3.55. The lowest BCUT2D eigenvalue weighted by Crippen LogP contribution is -2.42. The SMILES string of the molecule is COc1ccc2c(c1C)CC[C@@H]1[C@@H]2CC[C@]2(C)C(=O)CC[C@@H]12. The standard InChI is InChI=1S/C20H26O2/c1-12-13-4-5-16-15(14(13)6-8-18(12)22-3)10-11-20(2)17(16)7-9-19(20)21/h6,8,15-17H,4-5,7,9-11H2,1-3H3/t15-,16-,17+,20+/m1/s1. The van der Waals surface area contributed by atoms with Gasteiger partial charge in [0, 0.05) is 11.8 Å². The second kappa shape index (κ2) is 4.84. The number of fused-ring (bicyclic) bond motifs is 5. The van der Waals surface area contributed by atoms with Crippen LogP contribution in [0.1, 0.15) is 61.6 Å². The second-order valence-electron chi connectivity index (χ2n) is 7.79. The monoisotopic (exact) mass is 298 g/mol. The average molecular weight is 298 g/mol. The third-order valence-electron chi connectivity index (χ3n) is 7.08. The molecule has 2 fully saturated rings. The molecule has 0 radical (unpaired) electrons. The summed E-state index contributed by atoms with van der Waals surface area (Å²) in [4.78, 5) is 12.4. The van der Waals surface area contributed by atoms with Crippen LogP contribution in [0.2, 0.25) is 0 Å². The Bertz CT molecular complexity index is 633. The summed E-state index contributed by atoms with van der Waals surface area (Å²) in [6.07, 6.45) is 6.61. The fourth-order valence-corrected chi connectivity index (χ4v) is 5.81. The fraction of sp³-hybridized carbons (Fsp3) is 0.650. The Morgan fingerprint density at radius 1 is 1.18 bits per heavy atom. The Morgan fingerprint density at radius 3 is 2.77 bits per heavy atom. The second-order valence-corrected chi connectivity index (χ2v) is 7.79. The minimum Gasteiger partial charge on any atom is -0.496 e. The molecule has 0 aromatic heterocycles. The Labute approximate surface area is 133 Å². The summed E-state index contributed by atoms with van der Waals surface area (Å²) in [6.45, 7) is 4.45. The minimum absolute atomic E-state index is 0.0137. The molecule has 1 aromatic rings. The molecule has 22 heavy (non-hydrogen) atoms. The number of rotatable bonds is 1. The molecule has 2 heteroatoms. The molecule has 0 amide bonds. The maximum Gasteiger partial charge on any atom is 0.139 e. The first-order chi connectivity index (χ1) is 10.6. The molecule has 2 nitrogen and oxygen atoms in total. The number of carbonyl (C=O) groups is 1. The number of hydrogen-bond donors (Lipinski definition) is 0. The molecule has 0 spiro atoms. The van der Waals surface area contributed by atoms with Crippen molar-refractivity contribution in [3.05, 3.63) is 28.8 Å². The first-order valence-electron chi connectivity index (χ1n) is 8.76. The van der Waals surface area contributed by atoms with Crippen molar-refractivity contribution in [2.75, 3.05) is 7.11 Å². The van der Waals surface area contributed by atoms with Gasteiger partial charge in [0.05, 0.1) is 7.11 Å². The van der Waals surface area contributed by atoms with E-state index in [1.165, 1.54) is 24.0 Å². The molecule has 0 bridgehead atoms. The number of Topliss-reactive ketones (excluding diaryl/α,β-unsaturated/α-hetero) is 1. The summed E-state index contributed by atoms with van der Waals surface area (Å²) in [7, 11) is 1.76. The van der Waals surface area contributed by atoms with Crippen LogP contribution in [0, 0.1) is 24.2 Å². The van der Waals surface area contributed by atoms with E-state index < -0.39 is 0 Å². The van der Waals surface area contributed by atoms with Gasteiger partial charge in [0.25, 0.3) is 0 Å². The van der Waals surface area contributed by atoms with Crippen molar-refractivity contribution in [2.45, 2.75) is 58.3 Å². The third-order valence-corrected chi connectivity index (χ3v) is 7.08. The smallest absolute Gasteiger partial charge is 0.139 e. The molecule has 0 heterocycles. The van der Waals surface area contributed by atoms with E-state index in [9.17, 15) is 4.79 Å². The molecule has 0 unspecified atom stereocenters. The molecule has 0 saturated heterocycles. The first-order valence-corrected chi connectivity index (χ1v) is 8.76. The van der Waals surface area contributed by atoms with Crippen LogP contribution in [0.25, 0.3) is 0 Å². The number of carbonyl (C=O) groups excluding carboxylic acids is 1. The zero-order valence-electron chi connectivity index (χ0n) is 13.9. The van der Waals surface area contributed by atoms with Crippen LogP contribution in [0.5, 0.6) is 5.75 Å². The van der Waals surface area contributed by atoms with Crippen molar-refractivity contribution >= 4 is 5.78 Å². The molecule has 2 saturated carbocycles. The summed E-state index contributed by atoms with van der Waals surface area (Å²) < 4.78 is 5.50. The van der Waals surface area contributed by atoms with Gasteiger partial charge < -0.3 is 4.74 Å². The zero-order chi connectivity index (χ0) is 15.5. The van der Waals surface area contributed by atoms with Gasteiger partial charge in [0.2, 0.25) is 0 Å². The van der Waals surface area contributed by atoms with Crippen LogP contribution in [0.4, 0.5) is 0 Å². The number of benzene rings is 1. The highest BCUT2D eigenvalue weighted by Gasteiger charge is 2.54. The van der Waals surface area contributed by atoms with Crippen molar-refractivity contribution in [1.82, 2.24) is 0 Å². The molecule has 3 aliphatic rings. The molecule has 1 aromatic carbocycles. The van der Waals surface area contributed by atoms with Crippen LogP contribution in [-0.2, 0) is 11.2 Å². The van der Waals surface area contributed by atoms with Crippen LogP contribution in [0.3, 0.4) is 0 Å². The average Bonchev–Trinajstić information content (AvgIpc) is 2.83. The van der Waals surface area contributed by atoms with Crippen molar-refractivity contribution in [2.24, 2.45) is 17.3 Å². The van der Waals surface area contributed by atoms with E-state index in [0.717, 1.165) is 31.4 Å². The fourth-order valence-electron chi connectivity index (χ4n) is 5.81. The number of methoxy groups -OCH3 is 1. The third kappa shape index (κ3) is 1.76. The molecule has 118 valence electrons. The molecule has 0 aliphatic heterocycles. The van der Waals surface area contributed by atoms with Gasteiger partial charge in [-0.25, -0.2) is 0 Å².